The van der Waals surface area contributed by atoms with Crippen LogP contribution in [0.25, 0.3) is 0 Å². The van der Waals surface area contributed by atoms with Gasteiger partial charge in [-0.25, -0.2) is 0 Å². The molecule has 0 rings (SSSR count). The lowest BCUT2D eigenvalue weighted by molar-refractivity contribution is -0.157. The van der Waals surface area contributed by atoms with Crippen molar-refractivity contribution in [3.05, 3.63) is 48.6 Å². The van der Waals surface area contributed by atoms with Crippen LogP contribution < -0.4 is 0 Å². The second kappa shape index (κ2) is 35.7. The molecule has 0 bridgehead atoms. The van der Waals surface area contributed by atoms with Gasteiger partial charge in [0.25, 0.3) is 0 Å². The number of esters is 2. The van der Waals surface area contributed by atoms with Crippen molar-refractivity contribution in [1.82, 2.24) is 0 Å². The molecule has 0 amide bonds. The van der Waals surface area contributed by atoms with Crippen LogP contribution in [-0.2, 0) is 19.1 Å². The molecule has 0 aromatic rings. The highest BCUT2D eigenvalue weighted by Crippen LogP contribution is 2.12. The summed E-state index contributed by atoms with van der Waals surface area (Å²) in [4.78, 5) is 24.3. The van der Waals surface area contributed by atoms with Gasteiger partial charge in [0, 0.05) is 12.8 Å². The van der Waals surface area contributed by atoms with Crippen LogP contribution in [0.5, 0.6) is 0 Å². The Kier molecular flexibility index (Phi) is 34.2. The molecule has 254 valence electrons. The fraction of sp³-hybridized carbons (Fsp3) is 0.744. The molecule has 0 aliphatic heterocycles. The molecule has 44 heavy (non-hydrogen) atoms. The number of carbonyl (C=O) groups is 2. The van der Waals surface area contributed by atoms with E-state index in [1.54, 1.807) is 0 Å². The molecular weight excluding hydrogens is 568 g/mol. The predicted octanol–water partition coefficient (Wildman–Crippen LogP) is 12.3. The number of ether oxygens (including phenoxy) is 2. The topological polar surface area (TPSA) is 52.6 Å². The third-order valence-electron chi connectivity index (χ3n) is 7.57. The van der Waals surface area contributed by atoms with Gasteiger partial charge in [-0.3, -0.25) is 9.59 Å². The minimum absolute atomic E-state index is 0.0400. The van der Waals surface area contributed by atoms with Gasteiger partial charge in [0.2, 0.25) is 0 Å². The number of hydrogen-bond donors (Lipinski definition) is 0. The molecule has 0 aromatic carbocycles. The Morgan fingerprint density at radius 3 is 1.50 bits per heavy atom. The highest BCUT2D eigenvalue weighted by molar-refractivity contribution is 6.18. The predicted molar refractivity (Wildman–Crippen MR) is 190 cm³/mol. The summed E-state index contributed by atoms with van der Waals surface area (Å²) in [7, 11) is 0. The van der Waals surface area contributed by atoms with Crippen molar-refractivity contribution < 1.29 is 19.1 Å². The van der Waals surface area contributed by atoms with Crippen molar-refractivity contribution in [2.75, 3.05) is 12.5 Å². The summed E-state index contributed by atoms with van der Waals surface area (Å²) in [5.74, 6) is -0.365. The maximum Gasteiger partial charge on any atom is 0.306 e. The number of alkyl halides is 1. The van der Waals surface area contributed by atoms with E-state index in [4.69, 9.17) is 21.1 Å². The molecule has 0 aliphatic carbocycles. The second-order valence-electron chi connectivity index (χ2n) is 11.9. The van der Waals surface area contributed by atoms with E-state index in [1.165, 1.54) is 70.6 Å². The van der Waals surface area contributed by atoms with Crippen LogP contribution in [-0.4, -0.2) is 30.5 Å². The average Bonchev–Trinajstić information content (AvgIpc) is 3.02. The van der Waals surface area contributed by atoms with E-state index in [0.717, 1.165) is 70.6 Å². The van der Waals surface area contributed by atoms with Crippen molar-refractivity contribution in [3.63, 3.8) is 0 Å². The minimum Gasteiger partial charge on any atom is -0.462 e. The molecule has 0 aliphatic rings. The van der Waals surface area contributed by atoms with Gasteiger partial charge in [-0.2, -0.15) is 0 Å². The number of hydrogen-bond acceptors (Lipinski definition) is 4. The Morgan fingerprint density at radius 1 is 0.545 bits per heavy atom. The number of halogens is 1. The Morgan fingerprint density at radius 2 is 0.977 bits per heavy atom. The summed E-state index contributed by atoms with van der Waals surface area (Å²) < 4.78 is 10.8. The molecule has 0 N–H and O–H groups in total. The fourth-order valence-electron chi connectivity index (χ4n) is 4.84. The molecule has 0 saturated carbocycles. The molecule has 4 nitrogen and oxygen atoms in total. The quantitative estimate of drug-likeness (QED) is 0.0319. The first-order valence-electron chi connectivity index (χ1n) is 18.1. The van der Waals surface area contributed by atoms with Gasteiger partial charge < -0.3 is 9.47 Å². The van der Waals surface area contributed by atoms with Gasteiger partial charge in [0.05, 0.1) is 5.88 Å². The largest absolute Gasteiger partial charge is 0.462 e. The van der Waals surface area contributed by atoms with Crippen molar-refractivity contribution in [1.29, 1.82) is 0 Å². The molecule has 0 spiro atoms. The van der Waals surface area contributed by atoms with Crippen LogP contribution in [0.2, 0.25) is 0 Å². The Hall–Kier alpha value is -1.81. The van der Waals surface area contributed by atoms with Gasteiger partial charge in [-0.15, -0.1) is 11.6 Å². The van der Waals surface area contributed by atoms with Gasteiger partial charge in [0.1, 0.15) is 12.7 Å². The molecule has 0 saturated heterocycles. The second-order valence-corrected chi connectivity index (χ2v) is 12.2. The van der Waals surface area contributed by atoms with E-state index in [9.17, 15) is 9.59 Å². The molecule has 0 fully saturated rings. The van der Waals surface area contributed by atoms with Gasteiger partial charge in [-0.1, -0.05) is 133 Å². The molecule has 0 radical (unpaired) electrons. The van der Waals surface area contributed by atoms with E-state index in [0.29, 0.717) is 12.8 Å². The van der Waals surface area contributed by atoms with Crippen LogP contribution in [0.15, 0.2) is 48.6 Å². The smallest absolute Gasteiger partial charge is 0.306 e. The average molecular weight is 635 g/mol. The van der Waals surface area contributed by atoms with Crippen molar-refractivity contribution in [2.45, 2.75) is 174 Å². The Bertz CT molecular complexity index is 755. The van der Waals surface area contributed by atoms with Crippen LogP contribution in [0.3, 0.4) is 0 Å². The van der Waals surface area contributed by atoms with Crippen LogP contribution in [0, 0.1) is 0 Å². The number of carbonyl (C=O) groups excluding carboxylic acids is 2. The highest BCUT2D eigenvalue weighted by Gasteiger charge is 2.16. The zero-order chi connectivity index (χ0) is 32.2. The normalized spacial score (nSPS) is 12.7. The standard InChI is InChI=1S/C39H67ClO4/c1-3-5-7-9-11-13-15-17-19-21-23-25-27-29-31-33-38(41)43-36-37(35-40)44-39(42)34-32-30-28-26-24-22-20-18-16-14-12-10-8-6-4-2/h6,8,12,14,17-20,37H,3-5,7,9-11,13,15-16,21-36H2,1-2H3/b8-6+,14-12-,19-17-,20-18-/t37-/m1/s1. The van der Waals surface area contributed by atoms with Gasteiger partial charge >= 0.3 is 11.9 Å². The van der Waals surface area contributed by atoms with Crippen LogP contribution >= 0.6 is 11.6 Å². The molecular formula is C39H67ClO4. The first kappa shape index (κ1) is 42.2. The zero-order valence-corrected chi connectivity index (χ0v) is 29.3. The fourth-order valence-corrected chi connectivity index (χ4v) is 4.99. The third kappa shape index (κ3) is 33.1. The summed E-state index contributed by atoms with van der Waals surface area (Å²) >= 11 is 5.95. The summed E-state index contributed by atoms with van der Waals surface area (Å²) in [5, 5.41) is 0. The highest BCUT2D eigenvalue weighted by atomic mass is 35.5. The third-order valence-corrected chi connectivity index (χ3v) is 7.92. The van der Waals surface area contributed by atoms with E-state index in [-0.39, 0.29) is 24.4 Å². The number of rotatable bonds is 32. The van der Waals surface area contributed by atoms with E-state index in [2.05, 4.69) is 62.5 Å². The maximum atomic E-state index is 12.2. The van der Waals surface area contributed by atoms with Gasteiger partial charge in [-0.05, 0) is 70.6 Å². The number of unbranched alkanes of at least 4 members (excludes halogenated alkanes) is 16. The number of allylic oxidation sites excluding steroid dienone is 8. The van der Waals surface area contributed by atoms with Crippen LogP contribution in [0.1, 0.15) is 168 Å². The lowest BCUT2D eigenvalue weighted by Crippen LogP contribution is -2.26. The van der Waals surface area contributed by atoms with E-state index >= 15 is 0 Å². The van der Waals surface area contributed by atoms with Gasteiger partial charge in [0.15, 0.2) is 0 Å². The minimum atomic E-state index is -0.573. The van der Waals surface area contributed by atoms with E-state index < -0.39 is 6.10 Å². The zero-order valence-electron chi connectivity index (χ0n) is 28.6. The molecule has 0 aromatic heterocycles. The summed E-state index contributed by atoms with van der Waals surface area (Å²) in [6, 6.07) is 0. The summed E-state index contributed by atoms with van der Waals surface area (Å²) in [5.41, 5.74) is 0. The van der Waals surface area contributed by atoms with Crippen molar-refractivity contribution in [2.24, 2.45) is 0 Å². The lowest BCUT2D eigenvalue weighted by Gasteiger charge is -2.15. The molecule has 0 unspecified atom stereocenters. The van der Waals surface area contributed by atoms with Crippen molar-refractivity contribution >= 4 is 23.5 Å². The summed E-state index contributed by atoms with van der Waals surface area (Å²) in [6.07, 6.45) is 43.7. The first-order chi connectivity index (χ1) is 21.6. The van der Waals surface area contributed by atoms with Crippen molar-refractivity contribution in [3.8, 4) is 0 Å². The molecule has 0 heterocycles. The first-order valence-corrected chi connectivity index (χ1v) is 18.7. The van der Waals surface area contributed by atoms with E-state index in [1.807, 2.05) is 0 Å². The summed E-state index contributed by atoms with van der Waals surface area (Å²) in [6.45, 7) is 4.45. The Labute approximate surface area is 277 Å². The molecule has 5 heteroatoms. The maximum absolute atomic E-state index is 12.2. The van der Waals surface area contributed by atoms with Crippen LogP contribution in [0.4, 0.5) is 0 Å². The monoisotopic (exact) mass is 634 g/mol. The SMILES string of the molecule is CC/C=C/C/C=C\C/C=C\CCCCCCCC(=O)O[C@H](CCl)COC(=O)CCCCCCC/C=C\CCCCCCCC. The lowest BCUT2D eigenvalue weighted by atomic mass is 10.1. The molecule has 1 atom stereocenters. The Balaban J connectivity index is 3.62.